The summed E-state index contributed by atoms with van der Waals surface area (Å²) in [4.78, 5) is 14.1. The van der Waals surface area contributed by atoms with Crippen LogP contribution in [0.3, 0.4) is 0 Å². The molecule has 2 bridgehead atoms. The normalized spacial score (nSPS) is 25.6. The van der Waals surface area contributed by atoms with Crippen molar-refractivity contribution in [3.05, 3.63) is 105 Å². The molecule has 0 aliphatic carbocycles. The van der Waals surface area contributed by atoms with E-state index in [1.807, 2.05) is 13.8 Å². The Morgan fingerprint density at radius 3 is 2.24 bits per heavy atom. The number of fused-ring (bicyclic) bond motifs is 4. The Hall–Kier alpha value is -3.22. The number of nitrogens with one attached hydrogen (secondary N) is 1. The second-order valence-electron chi connectivity index (χ2n) is 11.5. The van der Waals surface area contributed by atoms with E-state index in [2.05, 4.69) is 70.9 Å². The number of nitro benzene ring substituents is 1. The molecule has 2 unspecified atom stereocenters. The van der Waals surface area contributed by atoms with Crippen LogP contribution in [0, 0.1) is 16.0 Å². The molecule has 0 saturated carbocycles. The highest BCUT2D eigenvalue weighted by molar-refractivity contribution is 5.53. The second kappa shape index (κ2) is 9.58. The molecule has 192 valence electrons. The molecule has 4 aliphatic heterocycles. The van der Waals surface area contributed by atoms with E-state index in [4.69, 9.17) is 4.74 Å². The van der Waals surface area contributed by atoms with Gasteiger partial charge in [0.2, 0.25) is 0 Å². The second-order valence-corrected chi connectivity index (χ2v) is 11.5. The molecule has 4 heterocycles. The number of rotatable bonds is 7. The van der Waals surface area contributed by atoms with Crippen molar-refractivity contribution in [3.63, 3.8) is 0 Å². The number of hydrogen-bond acceptors (Lipinski definition) is 5. The van der Waals surface area contributed by atoms with Gasteiger partial charge in [-0.3, -0.25) is 15.0 Å². The number of benzene rings is 3. The molecule has 0 spiro atoms. The van der Waals surface area contributed by atoms with Gasteiger partial charge in [0.15, 0.2) is 0 Å². The number of nitrogens with zero attached hydrogens (tertiary/aromatic N) is 2. The van der Waals surface area contributed by atoms with Crippen LogP contribution in [-0.2, 0) is 13.0 Å². The highest BCUT2D eigenvalue weighted by atomic mass is 16.6. The molecule has 3 aromatic rings. The van der Waals surface area contributed by atoms with Gasteiger partial charge in [-0.15, -0.1) is 0 Å². The van der Waals surface area contributed by atoms with Crippen LogP contribution in [0.4, 0.5) is 5.69 Å². The first-order chi connectivity index (χ1) is 17.9. The minimum absolute atomic E-state index is 0.147. The molecule has 0 aromatic heterocycles. The summed E-state index contributed by atoms with van der Waals surface area (Å²) in [7, 11) is 0. The summed E-state index contributed by atoms with van der Waals surface area (Å²) in [5.74, 6) is 1.65. The van der Waals surface area contributed by atoms with Gasteiger partial charge in [-0.25, -0.2) is 0 Å². The third kappa shape index (κ3) is 4.64. The number of ether oxygens (including phenoxy) is 1. The first-order valence-corrected chi connectivity index (χ1v) is 13.5. The van der Waals surface area contributed by atoms with Crippen molar-refractivity contribution in [3.8, 4) is 5.75 Å². The number of piperidine rings is 3. The first-order valence-electron chi connectivity index (χ1n) is 13.5. The molecule has 37 heavy (non-hydrogen) atoms. The van der Waals surface area contributed by atoms with Crippen LogP contribution in [0.2, 0.25) is 0 Å². The summed E-state index contributed by atoms with van der Waals surface area (Å²) in [6.07, 6.45) is 3.05. The van der Waals surface area contributed by atoms with Gasteiger partial charge >= 0.3 is 0 Å². The van der Waals surface area contributed by atoms with Gasteiger partial charge in [0, 0.05) is 54.2 Å². The first kappa shape index (κ1) is 24.1. The standard InChI is InChI=1S/C31H35N3O3/c1-31(2)19-24-17-26(34(35)36)18-25(30(24)37-31)20-32-28-23-13-15-33(16-14-23)29(28)27(21-9-5-3-6-10-21)22-11-7-4-8-12-22/h3-12,17-18,23,27-29,32H,13-16,19-20H2,1-2H3. The summed E-state index contributed by atoms with van der Waals surface area (Å²) >= 11 is 0. The molecular formula is C31H35N3O3. The van der Waals surface area contributed by atoms with Gasteiger partial charge in [0.1, 0.15) is 11.4 Å². The zero-order valence-corrected chi connectivity index (χ0v) is 21.6. The number of non-ortho nitro benzene ring substituents is 1. The zero-order valence-electron chi connectivity index (χ0n) is 21.6. The van der Waals surface area contributed by atoms with Gasteiger partial charge < -0.3 is 10.1 Å². The van der Waals surface area contributed by atoms with Crippen LogP contribution < -0.4 is 10.1 Å². The third-order valence-corrected chi connectivity index (χ3v) is 8.49. The molecule has 6 nitrogen and oxygen atoms in total. The van der Waals surface area contributed by atoms with E-state index in [1.54, 1.807) is 12.1 Å². The Balaban J connectivity index is 1.35. The lowest BCUT2D eigenvalue weighted by molar-refractivity contribution is -0.385. The molecule has 7 rings (SSSR count). The van der Waals surface area contributed by atoms with E-state index in [-0.39, 0.29) is 28.2 Å². The van der Waals surface area contributed by atoms with Crippen molar-refractivity contribution in [2.45, 2.75) is 63.3 Å². The Labute approximate surface area is 218 Å². The van der Waals surface area contributed by atoms with E-state index in [9.17, 15) is 10.1 Å². The maximum absolute atomic E-state index is 11.7. The molecule has 0 radical (unpaired) electrons. The number of nitro groups is 1. The topological polar surface area (TPSA) is 67.6 Å². The molecule has 3 saturated heterocycles. The Morgan fingerprint density at radius 2 is 1.65 bits per heavy atom. The molecule has 4 aliphatic rings. The molecular weight excluding hydrogens is 462 g/mol. The average molecular weight is 498 g/mol. The summed E-state index contributed by atoms with van der Waals surface area (Å²) in [6.45, 7) is 6.88. The maximum atomic E-state index is 11.7. The van der Waals surface area contributed by atoms with Gasteiger partial charge in [0.05, 0.1) is 4.92 Å². The highest BCUT2D eigenvalue weighted by Crippen LogP contribution is 2.43. The lowest BCUT2D eigenvalue weighted by Crippen LogP contribution is -2.64. The highest BCUT2D eigenvalue weighted by Gasteiger charge is 2.46. The van der Waals surface area contributed by atoms with E-state index in [0.29, 0.717) is 24.9 Å². The fourth-order valence-electron chi connectivity index (χ4n) is 6.93. The third-order valence-electron chi connectivity index (χ3n) is 8.49. The zero-order chi connectivity index (χ0) is 25.6. The maximum Gasteiger partial charge on any atom is 0.270 e. The minimum Gasteiger partial charge on any atom is -0.487 e. The molecule has 2 atom stereocenters. The fraction of sp³-hybridized carbons (Fsp3) is 0.419. The molecule has 3 fully saturated rings. The Bertz CT molecular complexity index is 1230. The van der Waals surface area contributed by atoms with Crippen molar-refractivity contribution in [2.75, 3.05) is 13.1 Å². The predicted octanol–water partition coefficient (Wildman–Crippen LogP) is 5.69. The summed E-state index contributed by atoms with van der Waals surface area (Å²) in [6, 6.07) is 25.7. The van der Waals surface area contributed by atoms with Crippen LogP contribution in [0.15, 0.2) is 72.8 Å². The van der Waals surface area contributed by atoms with Crippen LogP contribution in [0.25, 0.3) is 0 Å². The van der Waals surface area contributed by atoms with Crippen molar-refractivity contribution in [1.82, 2.24) is 10.2 Å². The Morgan fingerprint density at radius 1 is 1.03 bits per heavy atom. The van der Waals surface area contributed by atoms with Crippen LogP contribution >= 0.6 is 0 Å². The van der Waals surface area contributed by atoms with Crippen LogP contribution in [0.1, 0.15) is 54.9 Å². The predicted molar refractivity (Wildman–Crippen MR) is 145 cm³/mol. The van der Waals surface area contributed by atoms with E-state index >= 15 is 0 Å². The Kier molecular flexibility index (Phi) is 6.25. The largest absolute Gasteiger partial charge is 0.487 e. The summed E-state index contributed by atoms with van der Waals surface area (Å²) < 4.78 is 6.30. The molecule has 6 heteroatoms. The van der Waals surface area contributed by atoms with Gasteiger partial charge in [-0.1, -0.05) is 60.7 Å². The lowest BCUT2D eigenvalue weighted by Gasteiger charge is -2.54. The smallest absolute Gasteiger partial charge is 0.270 e. The van der Waals surface area contributed by atoms with E-state index in [0.717, 1.165) is 30.0 Å². The molecule has 3 aromatic carbocycles. The average Bonchev–Trinajstić information content (AvgIpc) is 3.23. The van der Waals surface area contributed by atoms with Gasteiger partial charge in [-0.2, -0.15) is 0 Å². The number of hydrogen-bond donors (Lipinski definition) is 1. The summed E-state index contributed by atoms with van der Waals surface area (Å²) in [5, 5.41) is 15.6. The fourth-order valence-corrected chi connectivity index (χ4v) is 6.93. The summed E-state index contributed by atoms with van der Waals surface area (Å²) in [5.41, 5.74) is 4.29. The van der Waals surface area contributed by atoms with Crippen molar-refractivity contribution in [2.24, 2.45) is 5.92 Å². The molecule has 0 amide bonds. The minimum atomic E-state index is -0.351. The van der Waals surface area contributed by atoms with Crippen molar-refractivity contribution >= 4 is 5.69 Å². The molecule has 1 N–H and O–H groups in total. The van der Waals surface area contributed by atoms with Crippen molar-refractivity contribution < 1.29 is 9.66 Å². The van der Waals surface area contributed by atoms with E-state index < -0.39 is 0 Å². The lowest BCUT2D eigenvalue weighted by atomic mass is 9.70. The van der Waals surface area contributed by atoms with Gasteiger partial charge in [0.25, 0.3) is 5.69 Å². The van der Waals surface area contributed by atoms with Crippen molar-refractivity contribution in [1.29, 1.82) is 0 Å². The van der Waals surface area contributed by atoms with Gasteiger partial charge in [-0.05, 0) is 56.8 Å². The monoisotopic (exact) mass is 497 g/mol. The quantitative estimate of drug-likeness (QED) is 0.335. The van der Waals surface area contributed by atoms with Crippen LogP contribution in [-0.4, -0.2) is 40.6 Å². The SMILES string of the molecule is CC1(C)Cc2cc([N+](=O)[O-])cc(CNC3C4CCN(CC4)C3C(c3ccccc3)c3ccccc3)c2O1. The van der Waals surface area contributed by atoms with E-state index in [1.165, 1.54) is 24.0 Å². The van der Waals surface area contributed by atoms with Crippen LogP contribution in [0.5, 0.6) is 5.75 Å².